The molecule has 1 heterocycles. The highest BCUT2D eigenvalue weighted by molar-refractivity contribution is 7.92. The van der Waals surface area contributed by atoms with Crippen LogP contribution in [0.2, 0.25) is 0 Å². The van der Waals surface area contributed by atoms with Crippen LogP contribution in [-0.4, -0.2) is 51.3 Å². The third-order valence-corrected chi connectivity index (χ3v) is 7.87. The van der Waals surface area contributed by atoms with Crippen LogP contribution in [0.5, 0.6) is 0 Å². The molecule has 0 aromatic heterocycles. The van der Waals surface area contributed by atoms with Crippen molar-refractivity contribution in [1.82, 2.24) is 4.90 Å². The predicted octanol–water partition coefficient (Wildman–Crippen LogP) is 4.39. The lowest BCUT2D eigenvalue weighted by atomic mass is 10.1. The van der Waals surface area contributed by atoms with E-state index in [1.807, 2.05) is 11.8 Å². The molecule has 1 unspecified atom stereocenters. The minimum Gasteiger partial charge on any atom is -0.369 e. The Morgan fingerprint density at radius 1 is 1.00 bits per heavy atom. The maximum Gasteiger partial charge on any atom is 0.416 e. The summed E-state index contributed by atoms with van der Waals surface area (Å²) < 4.78 is 64.3. The van der Waals surface area contributed by atoms with Gasteiger partial charge in [-0.1, -0.05) is 23.8 Å². The van der Waals surface area contributed by atoms with Crippen molar-refractivity contribution >= 4 is 15.5 Å². The van der Waals surface area contributed by atoms with E-state index < -0.39 is 26.8 Å². The van der Waals surface area contributed by atoms with Gasteiger partial charge in [0.2, 0.25) is 0 Å². The zero-order valence-corrected chi connectivity index (χ0v) is 18.0. The van der Waals surface area contributed by atoms with Crippen LogP contribution in [0.15, 0.2) is 53.4 Å². The fourth-order valence-electron chi connectivity index (χ4n) is 3.59. The summed E-state index contributed by atoms with van der Waals surface area (Å²) >= 11 is 0. The maximum atomic E-state index is 12.9. The number of nitrogens with zero attached hydrogens (tertiary/aromatic N) is 2. The Morgan fingerprint density at radius 2 is 1.63 bits per heavy atom. The van der Waals surface area contributed by atoms with E-state index in [1.165, 1.54) is 12.1 Å². The minimum absolute atomic E-state index is 0.343. The van der Waals surface area contributed by atoms with Crippen LogP contribution in [-0.2, 0) is 16.0 Å². The van der Waals surface area contributed by atoms with E-state index in [0.29, 0.717) is 49.7 Å². The third kappa shape index (κ3) is 5.35. The summed E-state index contributed by atoms with van der Waals surface area (Å²) in [5, 5.41) is -0.498. The van der Waals surface area contributed by atoms with Gasteiger partial charge in [0.25, 0.3) is 0 Å². The number of hydrogen-bond acceptors (Lipinski definition) is 4. The van der Waals surface area contributed by atoms with Crippen molar-refractivity contribution in [1.29, 1.82) is 0 Å². The Labute approximate surface area is 176 Å². The van der Waals surface area contributed by atoms with E-state index in [1.54, 1.807) is 37.3 Å². The number of piperazine rings is 1. The zero-order chi connectivity index (χ0) is 21.9. The first-order valence-electron chi connectivity index (χ1n) is 10.0. The molecule has 2 aromatic carbocycles. The number of hydrogen-bond donors (Lipinski definition) is 0. The second-order valence-corrected chi connectivity index (χ2v) is 10.2. The summed E-state index contributed by atoms with van der Waals surface area (Å²) in [7, 11) is -3.37. The molecule has 1 aliphatic heterocycles. The number of anilines is 1. The van der Waals surface area contributed by atoms with E-state index in [4.69, 9.17) is 0 Å². The second kappa shape index (κ2) is 8.98. The third-order valence-electron chi connectivity index (χ3n) is 5.64. The van der Waals surface area contributed by atoms with E-state index in [0.717, 1.165) is 11.6 Å². The van der Waals surface area contributed by atoms with Gasteiger partial charge in [-0.3, -0.25) is 4.90 Å². The van der Waals surface area contributed by atoms with Crippen LogP contribution in [0, 0.1) is 6.92 Å². The van der Waals surface area contributed by atoms with Crippen LogP contribution in [0.4, 0.5) is 18.9 Å². The first kappa shape index (κ1) is 22.6. The lowest BCUT2D eigenvalue weighted by molar-refractivity contribution is -0.137. The van der Waals surface area contributed by atoms with Crippen molar-refractivity contribution in [2.75, 3.05) is 37.6 Å². The van der Waals surface area contributed by atoms with Crippen LogP contribution in [0.25, 0.3) is 0 Å². The van der Waals surface area contributed by atoms with Crippen molar-refractivity contribution in [3.05, 3.63) is 59.7 Å². The molecule has 30 heavy (non-hydrogen) atoms. The van der Waals surface area contributed by atoms with Crippen molar-refractivity contribution in [3.8, 4) is 0 Å². The lowest BCUT2D eigenvalue weighted by Crippen LogP contribution is -2.47. The molecule has 0 saturated carbocycles. The first-order chi connectivity index (χ1) is 14.1. The molecule has 4 nitrogen and oxygen atoms in total. The Balaban J connectivity index is 1.53. The molecule has 1 atom stereocenters. The zero-order valence-electron chi connectivity index (χ0n) is 17.2. The van der Waals surface area contributed by atoms with Crippen molar-refractivity contribution in [2.24, 2.45) is 0 Å². The van der Waals surface area contributed by atoms with E-state index in [2.05, 4.69) is 4.90 Å². The van der Waals surface area contributed by atoms with Gasteiger partial charge < -0.3 is 4.90 Å². The van der Waals surface area contributed by atoms with Crippen molar-refractivity contribution in [2.45, 2.75) is 36.6 Å². The molecule has 8 heteroatoms. The molecule has 2 aromatic rings. The summed E-state index contributed by atoms with van der Waals surface area (Å²) in [6.45, 7) is 6.89. The molecule has 3 rings (SSSR count). The highest BCUT2D eigenvalue weighted by Gasteiger charge is 2.31. The first-order valence-corrected chi connectivity index (χ1v) is 11.6. The normalized spacial score (nSPS) is 17.2. The van der Waals surface area contributed by atoms with Gasteiger partial charge in [0.15, 0.2) is 9.84 Å². The van der Waals surface area contributed by atoms with Crippen molar-refractivity contribution in [3.63, 3.8) is 0 Å². The molecule has 0 radical (unpaired) electrons. The fourth-order valence-corrected chi connectivity index (χ4v) is 4.98. The fraction of sp³-hybridized carbons (Fsp3) is 0.455. The maximum absolute atomic E-state index is 12.9. The summed E-state index contributed by atoms with van der Waals surface area (Å²) in [5.41, 5.74) is 0.942. The molecule has 1 fully saturated rings. The highest BCUT2D eigenvalue weighted by Crippen LogP contribution is 2.32. The van der Waals surface area contributed by atoms with Gasteiger partial charge >= 0.3 is 6.18 Å². The minimum atomic E-state index is -4.35. The number of sulfone groups is 1. The molecule has 164 valence electrons. The molecule has 0 bridgehead atoms. The van der Waals surface area contributed by atoms with Gasteiger partial charge in [-0.05, 0) is 57.1 Å². The highest BCUT2D eigenvalue weighted by atomic mass is 32.2. The van der Waals surface area contributed by atoms with Gasteiger partial charge in [-0.15, -0.1) is 0 Å². The van der Waals surface area contributed by atoms with E-state index >= 15 is 0 Å². The average molecular weight is 441 g/mol. The smallest absolute Gasteiger partial charge is 0.369 e. The standard InChI is InChI=1S/C22H27F3N2O2S/c1-17-6-8-21(9-7-17)30(28,29)18(2)10-11-26-12-14-27(15-13-26)20-5-3-4-19(16-20)22(23,24)25/h3-9,16,18H,10-15H2,1-2H3. The van der Waals surface area contributed by atoms with E-state index in [-0.39, 0.29) is 0 Å². The Hall–Kier alpha value is -2.06. The van der Waals surface area contributed by atoms with E-state index in [9.17, 15) is 21.6 Å². The van der Waals surface area contributed by atoms with Gasteiger partial charge in [-0.25, -0.2) is 8.42 Å². The summed E-state index contributed by atoms with van der Waals surface area (Å²) in [4.78, 5) is 4.46. The number of benzene rings is 2. The van der Waals surface area contributed by atoms with Crippen LogP contribution in [0.3, 0.4) is 0 Å². The molecule has 1 saturated heterocycles. The van der Waals surface area contributed by atoms with Crippen molar-refractivity contribution < 1.29 is 21.6 Å². The predicted molar refractivity (Wildman–Crippen MR) is 113 cm³/mol. The Morgan fingerprint density at radius 3 is 2.23 bits per heavy atom. The molecule has 1 aliphatic rings. The topological polar surface area (TPSA) is 40.6 Å². The largest absolute Gasteiger partial charge is 0.416 e. The average Bonchev–Trinajstić information content (AvgIpc) is 2.72. The summed E-state index contributed by atoms with van der Waals surface area (Å²) in [5.74, 6) is 0. The van der Waals surface area contributed by atoms with Crippen LogP contribution >= 0.6 is 0 Å². The Bertz CT molecular complexity index is 951. The Kier molecular flexibility index (Phi) is 6.77. The molecule has 0 amide bonds. The molecular formula is C22H27F3N2O2S. The number of rotatable bonds is 6. The van der Waals surface area contributed by atoms with Crippen LogP contribution < -0.4 is 4.90 Å². The summed E-state index contributed by atoms with van der Waals surface area (Å²) in [6, 6.07) is 12.3. The van der Waals surface area contributed by atoms with Gasteiger partial charge in [0.05, 0.1) is 15.7 Å². The number of alkyl halides is 3. The van der Waals surface area contributed by atoms with Gasteiger partial charge in [0.1, 0.15) is 0 Å². The van der Waals surface area contributed by atoms with Gasteiger partial charge in [0, 0.05) is 31.9 Å². The number of aryl methyl sites for hydroxylation is 1. The monoisotopic (exact) mass is 440 g/mol. The van der Waals surface area contributed by atoms with Gasteiger partial charge in [-0.2, -0.15) is 13.2 Å². The molecule has 0 N–H and O–H groups in total. The molecular weight excluding hydrogens is 413 g/mol. The molecule has 0 aliphatic carbocycles. The quantitative estimate of drug-likeness (QED) is 0.668. The SMILES string of the molecule is Cc1ccc(S(=O)(=O)C(C)CCN2CCN(c3cccc(C(F)(F)F)c3)CC2)cc1. The second-order valence-electron chi connectivity index (χ2n) is 7.83. The van der Waals surface area contributed by atoms with Crippen LogP contribution in [0.1, 0.15) is 24.5 Å². The molecule has 0 spiro atoms. The lowest BCUT2D eigenvalue weighted by Gasteiger charge is -2.36. The summed E-state index contributed by atoms with van der Waals surface area (Å²) in [6.07, 6.45) is -3.84. The number of halogens is 3.